The second-order valence-electron chi connectivity index (χ2n) is 3.43. The monoisotopic (exact) mass is 225 g/mol. The average Bonchev–Trinajstić information content (AvgIpc) is 2.01. The number of hydrogen-bond acceptors (Lipinski definition) is 3. The first kappa shape index (κ1) is 13.4. The molecule has 0 rings (SSSR count). The molecule has 0 aromatic rings. The molecule has 0 radical (unpaired) electrons. The summed E-state index contributed by atoms with van der Waals surface area (Å²) >= 11 is 1.12. The van der Waals surface area contributed by atoms with Gasteiger partial charge in [-0.15, -0.1) is 0 Å². The van der Waals surface area contributed by atoms with E-state index in [4.69, 9.17) is 9.63 Å². The molecule has 13 heavy (non-hydrogen) atoms. The van der Waals surface area contributed by atoms with E-state index in [1.165, 1.54) is 0 Å². The van der Waals surface area contributed by atoms with Crippen molar-refractivity contribution in [2.75, 3.05) is 19.5 Å². The quantitative estimate of drug-likeness (QED) is 0.677. The molecule has 0 saturated carbocycles. The van der Waals surface area contributed by atoms with E-state index in [2.05, 4.69) is 13.8 Å². The predicted octanol–water partition coefficient (Wildman–Crippen LogP) is 2.68. The topological polar surface area (TPSA) is 46.5 Å². The molecule has 0 spiro atoms. The van der Waals surface area contributed by atoms with Crippen molar-refractivity contribution in [2.24, 2.45) is 11.8 Å². The zero-order valence-electron chi connectivity index (χ0n) is 8.40. The van der Waals surface area contributed by atoms with E-state index >= 15 is 0 Å². The molecule has 0 aromatic carbocycles. The standard InChI is InChI=1S/C8H17O3PS/c1-7(5-11-3)4-8(2)6-13-12(9)10/h7-8H,4-6H2,1-3H3/p+1. The van der Waals surface area contributed by atoms with Crippen LogP contribution in [0.5, 0.6) is 0 Å². The van der Waals surface area contributed by atoms with Crippen LogP contribution in [0.4, 0.5) is 0 Å². The number of methoxy groups -OCH3 is 1. The van der Waals surface area contributed by atoms with Crippen molar-refractivity contribution in [1.29, 1.82) is 0 Å². The van der Waals surface area contributed by atoms with Gasteiger partial charge in [0.1, 0.15) is 0 Å². The maximum Gasteiger partial charge on any atom is 0.582 e. The van der Waals surface area contributed by atoms with Crippen LogP contribution in [0.3, 0.4) is 0 Å². The van der Waals surface area contributed by atoms with Crippen LogP contribution in [0.25, 0.3) is 0 Å². The molecule has 0 saturated heterocycles. The van der Waals surface area contributed by atoms with Crippen LogP contribution >= 0.6 is 18.6 Å². The van der Waals surface area contributed by atoms with Crippen LogP contribution in [0.1, 0.15) is 20.3 Å². The Hall–Kier alpha value is 0.370. The summed E-state index contributed by atoms with van der Waals surface area (Å²) in [7, 11) is -0.335. The van der Waals surface area contributed by atoms with E-state index in [1.54, 1.807) is 7.11 Å². The highest BCUT2D eigenvalue weighted by molar-refractivity contribution is 8.50. The van der Waals surface area contributed by atoms with E-state index in [0.29, 0.717) is 11.8 Å². The minimum Gasteiger partial charge on any atom is -0.384 e. The molecule has 78 valence electrons. The molecule has 0 heterocycles. The zero-order valence-corrected chi connectivity index (χ0v) is 10.1. The Morgan fingerprint density at radius 3 is 2.54 bits per heavy atom. The molecule has 1 N–H and O–H groups in total. The van der Waals surface area contributed by atoms with E-state index < -0.39 is 7.23 Å². The summed E-state index contributed by atoms with van der Waals surface area (Å²) in [6.45, 7) is 4.99. The van der Waals surface area contributed by atoms with Crippen LogP contribution in [0, 0.1) is 11.8 Å². The molecule has 0 amide bonds. The first-order valence-electron chi connectivity index (χ1n) is 4.34. The van der Waals surface area contributed by atoms with Crippen LogP contribution in [0.15, 0.2) is 0 Å². The third-order valence-electron chi connectivity index (χ3n) is 1.73. The molecule has 0 fully saturated rings. The SMILES string of the molecule is COCC(C)CC(C)CS[P+](=O)O. The van der Waals surface area contributed by atoms with Crippen LogP contribution in [-0.2, 0) is 9.30 Å². The fourth-order valence-electron chi connectivity index (χ4n) is 1.30. The largest absolute Gasteiger partial charge is 0.582 e. The van der Waals surface area contributed by atoms with E-state index in [9.17, 15) is 4.57 Å². The Balaban J connectivity index is 3.48. The molecule has 3 nitrogen and oxygen atoms in total. The Bertz CT molecular complexity index is 154. The lowest BCUT2D eigenvalue weighted by atomic mass is 10.00. The molecule has 0 aromatic heterocycles. The van der Waals surface area contributed by atoms with Crippen LogP contribution < -0.4 is 0 Å². The van der Waals surface area contributed by atoms with Gasteiger partial charge in [-0.1, -0.05) is 13.8 Å². The summed E-state index contributed by atoms with van der Waals surface area (Å²) in [4.78, 5) is 8.59. The summed E-state index contributed by atoms with van der Waals surface area (Å²) in [6, 6.07) is 0. The van der Waals surface area contributed by atoms with E-state index in [0.717, 1.165) is 30.2 Å². The summed E-state index contributed by atoms with van der Waals surface area (Å²) in [6.07, 6.45) is 1.05. The highest BCUT2D eigenvalue weighted by atomic mass is 32.7. The second-order valence-corrected chi connectivity index (χ2v) is 6.21. The van der Waals surface area contributed by atoms with Crippen molar-refractivity contribution in [3.8, 4) is 0 Å². The van der Waals surface area contributed by atoms with Crippen molar-refractivity contribution < 1.29 is 14.2 Å². The van der Waals surface area contributed by atoms with Gasteiger partial charge in [-0.3, -0.25) is 0 Å². The molecule has 3 unspecified atom stereocenters. The van der Waals surface area contributed by atoms with Crippen molar-refractivity contribution in [3.63, 3.8) is 0 Å². The van der Waals surface area contributed by atoms with E-state index in [1.807, 2.05) is 0 Å². The fraction of sp³-hybridized carbons (Fsp3) is 1.00. The second kappa shape index (κ2) is 7.74. The molecule has 0 aliphatic rings. The highest BCUT2D eigenvalue weighted by Gasteiger charge is 2.17. The third kappa shape index (κ3) is 8.69. The lowest BCUT2D eigenvalue weighted by Crippen LogP contribution is -2.09. The smallest absolute Gasteiger partial charge is 0.384 e. The average molecular weight is 225 g/mol. The minimum atomic E-state index is -2.03. The van der Waals surface area contributed by atoms with Crippen molar-refractivity contribution >= 4 is 18.6 Å². The Labute approximate surface area is 84.9 Å². The molecule has 5 heteroatoms. The fourth-order valence-corrected chi connectivity index (χ4v) is 2.96. The summed E-state index contributed by atoms with van der Waals surface area (Å²) in [5.41, 5.74) is 0. The lowest BCUT2D eigenvalue weighted by Gasteiger charge is -2.13. The number of hydrogen-bond donors (Lipinski definition) is 1. The molecule has 3 atom stereocenters. The van der Waals surface area contributed by atoms with Crippen LogP contribution in [0.2, 0.25) is 0 Å². The minimum absolute atomic E-state index is 0.473. The van der Waals surface area contributed by atoms with Crippen molar-refractivity contribution in [2.45, 2.75) is 20.3 Å². The number of rotatable bonds is 7. The predicted molar refractivity (Wildman–Crippen MR) is 57.1 cm³/mol. The van der Waals surface area contributed by atoms with Gasteiger partial charge in [0.05, 0.1) is 0 Å². The Morgan fingerprint density at radius 1 is 1.46 bits per heavy atom. The summed E-state index contributed by atoms with van der Waals surface area (Å²) < 4.78 is 15.4. The van der Waals surface area contributed by atoms with E-state index in [-0.39, 0.29) is 0 Å². The van der Waals surface area contributed by atoms with Gasteiger partial charge >= 0.3 is 7.23 Å². The van der Waals surface area contributed by atoms with Crippen LogP contribution in [-0.4, -0.2) is 24.4 Å². The highest BCUT2D eigenvalue weighted by Crippen LogP contribution is 2.35. The molecular formula is C8H18O3PS+. The Morgan fingerprint density at radius 2 is 2.08 bits per heavy atom. The molecular weight excluding hydrogens is 207 g/mol. The van der Waals surface area contributed by atoms with Gasteiger partial charge in [-0.2, -0.15) is 4.89 Å². The van der Waals surface area contributed by atoms with Gasteiger partial charge in [0.25, 0.3) is 0 Å². The Kier molecular flexibility index (Phi) is 7.96. The summed E-state index contributed by atoms with van der Waals surface area (Å²) in [5, 5.41) is 0. The normalized spacial score (nSPS) is 16.8. The van der Waals surface area contributed by atoms with Gasteiger partial charge in [-0.25, -0.2) is 0 Å². The first-order valence-corrected chi connectivity index (χ1v) is 7.14. The van der Waals surface area contributed by atoms with Crippen molar-refractivity contribution in [1.82, 2.24) is 0 Å². The summed E-state index contributed by atoms with van der Waals surface area (Å²) in [5.74, 6) is 1.75. The van der Waals surface area contributed by atoms with Gasteiger partial charge in [0, 0.05) is 19.5 Å². The maximum absolute atomic E-state index is 10.4. The molecule has 0 aliphatic heterocycles. The van der Waals surface area contributed by atoms with Gasteiger partial charge in [-0.05, 0) is 22.8 Å². The van der Waals surface area contributed by atoms with Gasteiger partial charge < -0.3 is 4.74 Å². The molecule has 0 bridgehead atoms. The zero-order chi connectivity index (χ0) is 10.3. The lowest BCUT2D eigenvalue weighted by molar-refractivity contribution is 0.149. The maximum atomic E-state index is 10.4. The van der Waals surface area contributed by atoms with Gasteiger partial charge in [0.15, 0.2) is 11.4 Å². The van der Waals surface area contributed by atoms with Crippen molar-refractivity contribution in [3.05, 3.63) is 0 Å². The van der Waals surface area contributed by atoms with Gasteiger partial charge in [0.2, 0.25) is 0 Å². The molecule has 0 aliphatic carbocycles. The third-order valence-corrected chi connectivity index (χ3v) is 3.77. The number of ether oxygens (including phenoxy) is 1. The first-order chi connectivity index (χ1) is 6.06.